The van der Waals surface area contributed by atoms with E-state index in [4.69, 9.17) is 10.8 Å². The SMILES string of the molecule is NC(C(=O)NCCn1cc(C(=O)O)nn1)c1ccccc1. The van der Waals surface area contributed by atoms with Crippen LogP contribution in [0.5, 0.6) is 0 Å². The Hall–Kier alpha value is -2.74. The van der Waals surface area contributed by atoms with Crippen molar-refractivity contribution in [3.05, 3.63) is 47.8 Å². The number of carboxylic acid groups (broad SMARTS) is 1. The lowest BCUT2D eigenvalue weighted by Gasteiger charge is -2.12. The number of carboxylic acids is 1. The Kier molecular flexibility index (Phi) is 4.62. The van der Waals surface area contributed by atoms with Crippen molar-refractivity contribution in [2.45, 2.75) is 12.6 Å². The van der Waals surface area contributed by atoms with Crippen molar-refractivity contribution in [2.24, 2.45) is 5.73 Å². The zero-order valence-corrected chi connectivity index (χ0v) is 11.1. The van der Waals surface area contributed by atoms with E-state index in [0.717, 1.165) is 5.56 Å². The van der Waals surface area contributed by atoms with Crippen molar-refractivity contribution < 1.29 is 14.7 Å². The van der Waals surface area contributed by atoms with Gasteiger partial charge >= 0.3 is 5.97 Å². The first kappa shape index (κ1) is 14.7. The quantitative estimate of drug-likeness (QED) is 0.676. The fraction of sp³-hybridized carbons (Fsp3) is 0.231. The molecule has 0 aliphatic rings. The average molecular weight is 289 g/mol. The first-order valence-corrected chi connectivity index (χ1v) is 6.29. The molecule has 110 valence electrons. The van der Waals surface area contributed by atoms with Gasteiger partial charge in [0.05, 0.1) is 12.7 Å². The molecule has 1 heterocycles. The molecule has 0 saturated heterocycles. The molecule has 0 aliphatic carbocycles. The van der Waals surface area contributed by atoms with Crippen molar-refractivity contribution in [2.75, 3.05) is 6.54 Å². The Morgan fingerprint density at radius 1 is 1.33 bits per heavy atom. The van der Waals surface area contributed by atoms with Crippen LogP contribution in [0.3, 0.4) is 0 Å². The summed E-state index contributed by atoms with van der Waals surface area (Å²) in [5.74, 6) is -1.45. The van der Waals surface area contributed by atoms with Crippen LogP contribution < -0.4 is 11.1 Å². The molecule has 0 bridgehead atoms. The normalized spacial score (nSPS) is 11.9. The van der Waals surface area contributed by atoms with Crippen LogP contribution in [-0.2, 0) is 11.3 Å². The predicted octanol–water partition coefficient (Wildman–Crippen LogP) is -0.207. The van der Waals surface area contributed by atoms with E-state index in [0.29, 0.717) is 6.54 Å². The summed E-state index contributed by atoms with van der Waals surface area (Å²) in [6.07, 6.45) is 1.30. The molecule has 1 unspecified atom stereocenters. The molecular weight excluding hydrogens is 274 g/mol. The molecule has 0 radical (unpaired) electrons. The number of nitrogens with one attached hydrogen (secondary N) is 1. The lowest BCUT2D eigenvalue weighted by molar-refractivity contribution is -0.122. The van der Waals surface area contributed by atoms with Crippen molar-refractivity contribution >= 4 is 11.9 Å². The Morgan fingerprint density at radius 3 is 2.67 bits per heavy atom. The zero-order valence-electron chi connectivity index (χ0n) is 11.1. The van der Waals surface area contributed by atoms with Gasteiger partial charge in [-0.2, -0.15) is 0 Å². The summed E-state index contributed by atoms with van der Waals surface area (Å²) >= 11 is 0. The number of aromatic carboxylic acids is 1. The summed E-state index contributed by atoms with van der Waals surface area (Å²) in [7, 11) is 0. The van der Waals surface area contributed by atoms with Gasteiger partial charge in [0, 0.05) is 6.54 Å². The predicted molar refractivity (Wildman–Crippen MR) is 73.4 cm³/mol. The van der Waals surface area contributed by atoms with Gasteiger partial charge in [0.15, 0.2) is 5.69 Å². The number of carbonyl (C=O) groups excluding carboxylic acids is 1. The van der Waals surface area contributed by atoms with Crippen molar-refractivity contribution in [3.8, 4) is 0 Å². The van der Waals surface area contributed by atoms with E-state index in [1.54, 1.807) is 12.1 Å². The number of hydrogen-bond acceptors (Lipinski definition) is 5. The maximum Gasteiger partial charge on any atom is 0.358 e. The summed E-state index contributed by atoms with van der Waals surface area (Å²) in [5.41, 5.74) is 6.43. The van der Waals surface area contributed by atoms with Crippen LogP contribution in [0.2, 0.25) is 0 Å². The number of benzene rings is 1. The van der Waals surface area contributed by atoms with Gasteiger partial charge < -0.3 is 16.2 Å². The average Bonchev–Trinajstić information content (AvgIpc) is 2.96. The van der Waals surface area contributed by atoms with Gasteiger partial charge in [-0.3, -0.25) is 4.79 Å². The van der Waals surface area contributed by atoms with Gasteiger partial charge in [0.25, 0.3) is 0 Å². The minimum Gasteiger partial charge on any atom is -0.476 e. The first-order chi connectivity index (χ1) is 10.1. The maximum atomic E-state index is 11.9. The highest BCUT2D eigenvalue weighted by Crippen LogP contribution is 2.08. The molecule has 4 N–H and O–H groups in total. The third kappa shape index (κ3) is 3.86. The van der Waals surface area contributed by atoms with Gasteiger partial charge in [-0.1, -0.05) is 35.5 Å². The van der Waals surface area contributed by atoms with E-state index in [9.17, 15) is 9.59 Å². The summed E-state index contributed by atoms with van der Waals surface area (Å²) in [6.45, 7) is 0.593. The Morgan fingerprint density at radius 2 is 2.05 bits per heavy atom. The minimum atomic E-state index is -1.14. The third-order valence-corrected chi connectivity index (χ3v) is 2.84. The smallest absolute Gasteiger partial charge is 0.358 e. The molecule has 0 fully saturated rings. The molecular formula is C13H15N5O3. The minimum absolute atomic E-state index is 0.137. The molecule has 1 aromatic heterocycles. The highest BCUT2D eigenvalue weighted by Gasteiger charge is 2.15. The monoisotopic (exact) mass is 289 g/mol. The number of carbonyl (C=O) groups is 2. The number of nitrogens with zero attached hydrogens (tertiary/aromatic N) is 3. The second-order valence-corrected chi connectivity index (χ2v) is 4.35. The van der Waals surface area contributed by atoms with Gasteiger partial charge in [-0.25, -0.2) is 9.48 Å². The molecule has 0 spiro atoms. The summed E-state index contributed by atoms with van der Waals surface area (Å²) in [4.78, 5) is 22.5. The van der Waals surface area contributed by atoms with Crippen LogP contribution in [0, 0.1) is 0 Å². The van der Waals surface area contributed by atoms with Gasteiger partial charge in [0.1, 0.15) is 6.04 Å². The molecule has 0 aliphatic heterocycles. The van der Waals surface area contributed by atoms with Crippen LogP contribution in [0.4, 0.5) is 0 Å². The number of nitrogens with two attached hydrogens (primary N) is 1. The molecule has 8 nitrogen and oxygen atoms in total. The van der Waals surface area contributed by atoms with Crippen LogP contribution in [0.1, 0.15) is 22.1 Å². The van der Waals surface area contributed by atoms with E-state index < -0.39 is 12.0 Å². The van der Waals surface area contributed by atoms with E-state index in [1.165, 1.54) is 10.9 Å². The van der Waals surface area contributed by atoms with Crippen LogP contribution in [-0.4, -0.2) is 38.5 Å². The van der Waals surface area contributed by atoms with E-state index in [2.05, 4.69) is 15.6 Å². The lowest BCUT2D eigenvalue weighted by atomic mass is 10.1. The first-order valence-electron chi connectivity index (χ1n) is 6.29. The van der Waals surface area contributed by atoms with E-state index in [1.807, 2.05) is 18.2 Å². The van der Waals surface area contributed by atoms with Gasteiger partial charge in [0.2, 0.25) is 5.91 Å². The van der Waals surface area contributed by atoms with Crippen LogP contribution >= 0.6 is 0 Å². The third-order valence-electron chi connectivity index (χ3n) is 2.84. The fourth-order valence-corrected chi connectivity index (χ4v) is 1.72. The molecule has 1 atom stereocenters. The van der Waals surface area contributed by atoms with Crippen molar-refractivity contribution in [3.63, 3.8) is 0 Å². The van der Waals surface area contributed by atoms with Gasteiger partial charge in [-0.15, -0.1) is 5.10 Å². The lowest BCUT2D eigenvalue weighted by Crippen LogP contribution is -2.35. The fourth-order valence-electron chi connectivity index (χ4n) is 1.72. The highest BCUT2D eigenvalue weighted by atomic mass is 16.4. The molecule has 1 aromatic carbocycles. The Bertz CT molecular complexity index is 626. The summed E-state index contributed by atoms with van der Waals surface area (Å²) in [6, 6.07) is 8.29. The standard InChI is InChI=1S/C13H15N5O3/c14-11(9-4-2-1-3-5-9)12(19)15-6-7-18-8-10(13(20)21)16-17-18/h1-5,8,11H,6-7,14H2,(H,15,19)(H,20,21). The Balaban J connectivity index is 1.82. The molecule has 2 aromatic rings. The zero-order chi connectivity index (χ0) is 15.2. The second-order valence-electron chi connectivity index (χ2n) is 4.35. The summed E-state index contributed by atoms with van der Waals surface area (Å²) in [5, 5.41) is 18.5. The number of rotatable bonds is 6. The largest absolute Gasteiger partial charge is 0.476 e. The van der Waals surface area contributed by atoms with E-state index >= 15 is 0 Å². The van der Waals surface area contributed by atoms with Crippen LogP contribution in [0.15, 0.2) is 36.5 Å². The van der Waals surface area contributed by atoms with Crippen LogP contribution in [0.25, 0.3) is 0 Å². The molecule has 0 saturated carbocycles. The molecule has 1 amide bonds. The highest BCUT2D eigenvalue weighted by molar-refractivity contribution is 5.84. The van der Waals surface area contributed by atoms with Crippen molar-refractivity contribution in [1.29, 1.82) is 0 Å². The number of hydrogen-bond donors (Lipinski definition) is 3. The Labute approximate surface area is 120 Å². The maximum absolute atomic E-state index is 11.9. The van der Waals surface area contributed by atoms with Gasteiger partial charge in [-0.05, 0) is 5.56 Å². The second kappa shape index (κ2) is 6.62. The summed E-state index contributed by atoms with van der Waals surface area (Å²) < 4.78 is 1.35. The number of amides is 1. The van der Waals surface area contributed by atoms with Crippen molar-refractivity contribution in [1.82, 2.24) is 20.3 Å². The topological polar surface area (TPSA) is 123 Å². The molecule has 21 heavy (non-hydrogen) atoms. The molecule has 8 heteroatoms. The number of aromatic nitrogens is 3. The molecule has 2 rings (SSSR count). The van der Waals surface area contributed by atoms with E-state index in [-0.39, 0.29) is 18.1 Å².